The van der Waals surface area contributed by atoms with E-state index in [1.165, 1.54) is 18.3 Å². The number of carbonyl (C=O) groups excluding carboxylic acids is 1. The van der Waals surface area contributed by atoms with E-state index < -0.39 is 12.3 Å². The van der Waals surface area contributed by atoms with Gasteiger partial charge in [0.15, 0.2) is 0 Å². The number of nitrogens with zero attached hydrogens (tertiary/aromatic N) is 1. The number of hydrogen-bond acceptors (Lipinski definition) is 4. The Hall–Kier alpha value is -3.26. The lowest BCUT2D eigenvalue weighted by molar-refractivity contribution is -0.274. The molecule has 1 heterocycles. The van der Waals surface area contributed by atoms with Crippen LogP contribution in [0.1, 0.15) is 10.4 Å². The highest BCUT2D eigenvalue weighted by Gasteiger charge is 2.31. The molecule has 3 rings (SSSR count). The van der Waals surface area contributed by atoms with E-state index in [0.29, 0.717) is 22.2 Å². The normalized spacial score (nSPS) is 11.0. The first-order valence-electron chi connectivity index (χ1n) is 7.95. The van der Waals surface area contributed by atoms with Crippen LogP contribution in [0, 0.1) is 0 Å². The number of alkyl halides is 3. The zero-order chi connectivity index (χ0) is 20.1. The quantitative estimate of drug-likeness (QED) is 0.575. The first-order valence-corrected chi connectivity index (χ1v) is 8.33. The van der Waals surface area contributed by atoms with Crippen molar-refractivity contribution in [1.82, 2.24) is 4.98 Å². The highest BCUT2D eigenvalue weighted by atomic mass is 35.5. The number of rotatable bonds is 5. The molecule has 3 aromatic rings. The molecule has 0 unspecified atom stereocenters. The van der Waals surface area contributed by atoms with Crippen LogP contribution >= 0.6 is 11.6 Å². The third-order valence-corrected chi connectivity index (χ3v) is 3.76. The van der Waals surface area contributed by atoms with Crippen molar-refractivity contribution in [3.63, 3.8) is 0 Å². The summed E-state index contributed by atoms with van der Waals surface area (Å²) in [5.41, 5.74) is 1.25. The summed E-state index contributed by atoms with van der Waals surface area (Å²) < 4.78 is 40.4. The van der Waals surface area contributed by atoms with Gasteiger partial charge in [0.2, 0.25) is 0 Å². The molecular weight excluding hydrogens is 395 g/mol. The Morgan fingerprint density at radius 2 is 1.61 bits per heavy atom. The number of pyridine rings is 1. The summed E-state index contributed by atoms with van der Waals surface area (Å²) in [6.07, 6.45) is -3.25. The van der Waals surface area contributed by atoms with Gasteiger partial charge in [-0.2, -0.15) is 0 Å². The second-order valence-corrected chi connectivity index (χ2v) is 5.99. The average Bonchev–Trinajstić information content (AvgIpc) is 2.64. The maximum absolute atomic E-state index is 12.6. The Morgan fingerprint density at radius 1 is 0.964 bits per heavy atom. The van der Waals surface area contributed by atoms with Crippen molar-refractivity contribution < 1.29 is 22.7 Å². The number of hydrogen-bond donors (Lipinski definition) is 2. The van der Waals surface area contributed by atoms with Gasteiger partial charge in [0.1, 0.15) is 11.6 Å². The lowest BCUT2D eigenvalue weighted by atomic mass is 10.2. The molecule has 2 N–H and O–H groups in total. The van der Waals surface area contributed by atoms with Gasteiger partial charge >= 0.3 is 6.36 Å². The van der Waals surface area contributed by atoms with Gasteiger partial charge in [-0.3, -0.25) is 4.79 Å². The molecule has 9 heteroatoms. The zero-order valence-electron chi connectivity index (χ0n) is 14.1. The Balaban J connectivity index is 1.73. The van der Waals surface area contributed by atoms with E-state index in [1.807, 2.05) is 0 Å². The maximum atomic E-state index is 12.6. The number of halogens is 4. The van der Waals surface area contributed by atoms with Gasteiger partial charge in [-0.1, -0.05) is 11.6 Å². The van der Waals surface area contributed by atoms with Gasteiger partial charge in [0, 0.05) is 22.6 Å². The molecule has 0 spiro atoms. The summed E-state index contributed by atoms with van der Waals surface area (Å²) in [4.78, 5) is 16.7. The number of amides is 1. The Morgan fingerprint density at radius 3 is 2.25 bits per heavy atom. The summed E-state index contributed by atoms with van der Waals surface area (Å²) in [6, 6.07) is 14.9. The Kier molecular flexibility index (Phi) is 5.70. The number of carbonyl (C=O) groups is 1. The lowest BCUT2D eigenvalue weighted by Crippen LogP contribution is -2.17. The highest BCUT2D eigenvalue weighted by molar-refractivity contribution is 6.30. The van der Waals surface area contributed by atoms with E-state index in [9.17, 15) is 18.0 Å². The molecule has 144 valence electrons. The molecule has 0 saturated heterocycles. The summed E-state index contributed by atoms with van der Waals surface area (Å²) >= 11 is 5.85. The van der Waals surface area contributed by atoms with E-state index >= 15 is 0 Å². The molecular formula is C19H13ClF3N3O2. The van der Waals surface area contributed by atoms with Crippen LogP contribution in [-0.2, 0) is 0 Å². The number of ether oxygens (including phenoxy) is 1. The summed E-state index contributed by atoms with van der Waals surface area (Å²) in [6.45, 7) is 0. The fourth-order valence-electron chi connectivity index (χ4n) is 2.30. The van der Waals surface area contributed by atoms with Crippen LogP contribution in [-0.4, -0.2) is 17.3 Å². The highest BCUT2D eigenvalue weighted by Crippen LogP contribution is 2.25. The topological polar surface area (TPSA) is 63.2 Å². The van der Waals surface area contributed by atoms with E-state index in [-0.39, 0.29) is 11.3 Å². The third-order valence-electron chi connectivity index (χ3n) is 3.51. The fourth-order valence-corrected chi connectivity index (χ4v) is 2.42. The summed E-state index contributed by atoms with van der Waals surface area (Å²) in [7, 11) is 0. The number of benzene rings is 2. The molecule has 0 aliphatic heterocycles. The van der Waals surface area contributed by atoms with Gasteiger partial charge in [0.25, 0.3) is 5.91 Å². The van der Waals surface area contributed by atoms with Crippen LogP contribution in [0.15, 0.2) is 66.9 Å². The molecule has 0 aliphatic rings. The van der Waals surface area contributed by atoms with E-state index in [2.05, 4.69) is 20.4 Å². The molecule has 28 heavy (non-hydrogen) atoms. The average molecular weight is 408 g/mol. The molecule has 0 aliphatic carbocycles. The van der Waals surface area contributed by atoms with Crippen LogP contribution in [0.25, 0.3) is 0 Å². The number of aromatic nitrogens is 1. The number of anilines is 3. The first-order chi connectivity index (χ1) is 13.3. The SMILES string of the molecule is O=C(Nc1ccc(OC(F)(F)F)cc1)c1cccnc1Nc1ccc(Cl)cc1. The van der Waals surface area contributed by atoms with Crippen molar-refractivity contribution in [3.05, 3.63) is 77.4 Å². The van der Waals surface area contributed by atoms with Crippen molar-refractivity contribution in [3.8, 4) is 5.75 Å². The van der Waals surface area contributed by atoms with Crippen LogP contribution in [0.3, 0.4) is 0 Å². The van der Waals surface area contributed by atoms with Crippen molar-refractivity contribution in [2.75, 3.05) is 10.6 Å². The molecule has 0 fully saturated rings. The largest absolute Gasteiger partial charge is 0.573 e. The van der Waals surface area contributed by atoms with Crippen LogP contribution in [0.2, 0.25) is 5.02 Å². The molecule has 0 bridgehead atoms. The molecule has 1 amide bonds. The molecule has 1 aromatic heterocycles. The van der Waals surface area contributed by atoms with E-state index in [0.717, 1.165) is 12.1 Å². The Labute approximate surface area is 163 Å². The second kappa shape index (κ2) is 8.18. The fraction of sp³-hybridized carbons (Fsp3) is 0.0526. The molecule has 0 atom stereocenters. The second-order valence-electron chi connectivity index (χ2n) is 5.56. The van der Waals surface area contributed by atoms with Gasteiger partial charge in [0.05, 0.1) is 5.56 Å². The minimum atomic E-state index is -4.78. The smallest absolute Gasteiger partial charge is 0.406 e. The molecule has 5 nitrogen and oxygen atoms in total. The van der Waals surface area contributed by atoms with Crippen molar-refractivity contribution in [2.45, 2.75) is 6.36 Å². The summed E-state index contributed by atoms with van der Waals surface area (Å²) in [5, 5.41) is 6.20. The minimum absolute atomic E-state index is 0.257. The van der Waals surface area contributed by atoms with Crippen molar-refractivity contribution in [1.29, 1.82) is 0 Å². The predicted molar refractivity (Wildman–Crippen MR) is 100 cm³/mol. The Bertz CT molecular complexity index is 961. The maximum Gasteiger partial charge on any atom is 0.573 e. The van der Waals surface area contributed by atoms with Gasteiger partial charge in [-0.05, 0) is 60.7 Å². The molecule has 0 radical (unpaired) electrons. The molecule has 0 saturated carbocycles. The van der Waals surface area contributed by atoms with Gasteiger partial charge in [-0.15, -0.1) is 13.2 Å². The van der Waals surface area contributed by atoms with Gasteiger partial charge in [-0.25, -0.2) is 4.98 Å². The minimum Gasteiger partial charge on any atom is -0.406 e. The first kappa shape index (κ1) is 19.5. The predicted octanol–water partition coefficient (Wildman–Crippen LogP) is 5.63. The summed E-state index contributed by atoms with van der Waals surface area (Å²) in [5.74, 6) is -0.537. The van der Waals surface area contributed by atoms with Crippen molar-refractivity contribution >= 4 is 34.7 Å². The third kappa shape index (κ3) is 5.37. The van der Waals surface area contributed by atoms with E-state index in [1.54, 1.807) is 36.4 Å². The lowest BCUT2D eigenvalue weighted by Gasteiger charge is -2.12. The van der Waals surface area contributed by atoms with E-state index in [4.69, 9.17) is 11.6 Å². The monoisotopic (exact) mass is 407 g/mol. The van der Waals surface area contributed by atoms with Gasteiger partial charge < -0.3 is 15.4 Å². The zero-order valence-corrected chi connectivity index (χ0v) is 14.9. The van der Waals surface area contributed by atoms with Crippen molar-refractivity contribution in [2.24, 2.45) is 0 Å². The molecule has 2 aromatic carbocycles. The van der Waals surface area contributed by atoms with Crippen LogP contribution in [0.4, 0.5) is 30.4 Å². The van der Waals surface area contributed by atoms with Crippen LogP contribution in [0.5, 0.6) is 5.75 Å². The van der Waals surface area contributed by atoms with Crippen LogP contribution < -0.4 is 15.4 Å². The standard InChI is InChI=1S/C19H13ClF3N3O2/c20-12-3-5-13(6-4-12)25-17-16(2-1-11-24-17)18(27)26-14-7-9-15(10-8-14)28-19(21,22)23/h1-11H,(H,24,25)(H,26,27). The number of nitrogens with one attached hydrogen (secondary N) is 2.